The molecular weight excluding hydrogens is 214 g/mol. The zero-order valence-electron chi connectivity index (χ0n) is 8.77. The molecule has 8 heteroatoms. The van der Waals surface area contributed by atoms with Crippen molar-refractivity contribution in [2.45, 2.75) is 20.3 Å². The molecule has 2 N–H and O–H groups in total. The van der Waals surface area contributed by atoms with Crippen molar-refractivity contribution < 1.29 is 9.90 Å². The van der Waals surface area contributed by atoms with Crippen LogP contribution in [-0.4, -0.2) is 26.9 Å². The summed E-state index contributed by atoms with van der Waals surface area (Å²) in [5, 5.41) is 21.1. The van der Waals surface area contributed by atoms with Crippen molar-refractivity contribution in [3.63, 3.8) is 0 Å². The topological polar surface area (TPSA) is 123 Å². The molecule has 0 radical (unpaired) electrons. The highest BCUT2D eigenvalue weighted by Crippen LogP contribution is 1.92. The molecule has 0 saturated heterocycles. The number of H-pyrrole nitrogens is 1. The van der Waals surface area contributed by atoms with E-state index in [9.17, 15) is 14.7 Å². The van der Waals surface area contributed by atoms with Gasteiger partial charge in [0.25, 0.3) is 5.56 Å². The number of carbonyl (C=O) groups is 1. The van der Waals surface area contributed by atoms with E-state index in [0.717, 1.165) is 0 Å². The number of rotatable bonds is 4. The number of hydrogen-bond donors (Lipinski definition) is 2. The maximum Gasteiger partial charge on any atom is 0.274 e. The van der Waals surface area contributed by atoms with Gasteiger partial charge in [-0.05, 0) is 13.3 Å². The van der Waals surface area contributed by atoms with Crippen molar-refractivity contribution in [3.05, 3.63) is 16.0 Å². The van der Waals surface area contributed by atoms with Crippen molar-refractivity contribution in [2.24, 2.45) is 5.10 Å². The minimum absolute atomic E-state index is 0.0252. The van der Waals surface area contributed by atoms with Crippen LogP contribution in [0.3, 0.4) is 0 Å². The van der Waals surface area contributed by atoms with Gasteiger partial charge in [-0.15, -0.1) is 10.2 Å². The highest BCUT2D eigenvalue weighted by molar-refractivity contribution is 6.34. The Hall–Kier alpha value is -2.25. The molecule has 0 unspecified atom stereocenters. The molecule has 0 saturated carbocycles. The van der Waals surface area contributed by atoms with Gasteiger partial charge < -0.3 is 9.90 Å². The van der Waals surface area contributed by atoms with Crippen LogP contribution in [0.15, 0.2) is 9.90 Å². The van der Waals surface area contributed by atoms with Crippen LogP contribution >= 0.6 is 0 Å². The third kappa shape index (κ3) is 2.87. The third-order valence-corrected chi connectivity index (χ3v) is 1.73. The van der Waals surface area contributed by atoms with Crippen LogP contribution in [0.25, 0.3) is 0 Å². The largest absolute Gasteiger partial charge is 0.543 e. The Morgan fingerprint density at radius 3 is 2.75 bits per heavy atom. The Balaban J connectivity index is 2.85. The van der Waals surface area contributed by atoms with Gasteiger partial charge in [0.15, 0.2) is 0 Å². The van der Waals surface area contributed by atoms with Crippen LogP contribution in [-0.2, 0) is 4.79 Å². The third-order valence-electron chi connectivity index (χ3n) is 1.73. The second kappa shape index (κ2) is 5.01. The van der Waals surface area contributed by atoms with E-state index < -0.39 is 11.5 Å². The van der Waals surface area contributed by atoms with Gasteiger partial charge in [-0.1, -0.05) is 6.92 Å². The fraction of sp³-hybridized carbons (Fsp3) is 0.375. The Morgan fingerprint density at radius 1 is 1.56 bits per heavy atom. The van der Waals surface area contributed by atoms with Gasteiger partial charge in [0.05, 0.1) is 11.7 Å². The Kier molecular flexibility index (Phi) is 3.70. The second-order valence-corrected chi connectivity index (χ2v) is 2.90. The van der Waals surface area contributed by atoms with Crippen molar-refractivity contribution in [1.29, 1.82) is 0 Å². The smallest absolute Gasteiger partial charge is 0.274 e. The minimum Gasteiger partial charge on any atom is -0.543 e. The molecule has 86 valence electrons. The molecular formula is C8H10N5O3-. The van der Waals surface area contributed by atoms with E-state index in [1.54, 1.807) is 6.92 Å². The van der Waals surface area contributed by atoms with Gasteiger partial charge in [0.1, 0.15) is 5.69 Å². The number of nitrogens with zero attached hydrogens (tertiary/aromatic N) is 3. The Bertz CT molecular complexity index is 479. The summed E-state index contributed by atoms with van der Waals surface area (Å²) in [6, 6.07) is 0. The molecule has 0 aliphatic carbocycles. The maximum absolute atomic E-state index is 11.1. The molecule has 1 rings (SSSR count). The summed E-state index contributed by atoms with van der Waals surface area (Å²) in [6.45, 7) is 3.11. The van der Waals surface area contributed by atoms with Crippen molar-refractivity contribution >= 4 is 17.6 Å². The number of hydrogen-bond acceptors (Lipinski definition) is 7. The lowest BCUT2D eigenvalue weighted by Crippen LogP contribution is -2.32. The first-order valence-corrected chi connectivity index (χ1v) is 4.52. The lowest BCUT2D eigenvalue weighted by Gasteiger charge is -2.04. The number of carboxylic acid groups (broad SMARTS) is 1. The number of carboxylic acids is 1. The van der Waals surface area contributed by atoms with Crippen molar-refractivity contribution in [3.8, 4) is 0 Å². The first kappa shape index (κ1) is 11.8. The molecule has 0 amide bonds. The Morgan fingerprint density at radius 2 is 2.25 bits per heavy atom. The fourth-order valence-electron chi connectivity index (χ4n) is 0.833. The summed E-state index contributed by atoms with van der Waals surface area (Å²) in [7, 11) is 0. The molecule has 0 aliphatic rings. The van der Waals surface area contributed by atoms with Crippen LogP contribution in [0.4, 0.5) is 5.95 Å². The summed E-state index contributed by atoms with van der Waals surface area (Å²) in [6.07, 6.45) is 0.193. The molecule has 0 spiro atoms. The standard InChI is InChI=1S/C8H11N5O3/c1-3-5(7(15)16)11-13-8-9-6(14)4(2)10-12-8/h3H2,1-2H3,(H,15,16)(H2,9,12,13,14)/p-1/b11-5-. The lowest BCUT2D eigenvalue weighted by molar-refractivity contribution is -0.294. The predicted octanol–water partition coefficient (Wildman–Crippen LogP) is -1.60. The average molecular weight is 224 g/mol. The van der Waals surface area contributed by atoms with Crippen LogP contribution in [0.2, 0.25) is 0 Å². The number of anilines is 1. The van der Waals surface area contributed by atoms with E-state index in [-0.39, 0.29) is 23.8 Å². The van der Waals surface area contributed by atoms with Gasteiger partial charge >= 0.3 is 0 Å². The summed E-state index contributed by atoms with van der Waals surface area (Å²) < 4.78 is 0. The zero-order valence-corrected chi connectivity index (χ0v) is 8.77. The lowest BCUT2D eigenvalue weighted by atomic mass is 10.3. The number of aromatic nitrogens is 3. The Labute approximate surface area is 90.4 Å². The number of aromatic amines is 1. The van der Waals surface area contributed by atoms with Crippen molar-refractivity contribution in [1.82, 2.24) is 15.2 Å². The molecule has 8 nitrogen and oxygen atoms in total. The van der Waals surface area contributed by atoms with E-state index in [2.05, 4.69) is 25.7 Å². The summed E-state index contributed by atoms with van der Waals surface area (Å²) in [5.41, 5.74) is 1.90. The highest BCUT2D eigenvalue weighted by atomic mass is 16.4. The average Bonchev–Trinajstić information content (AvgIpc) is 2.23. The van der Waals surface area contributed by atoms with Gasteiger partial charge in [-0.3, -0.25) is 9.78 Å². The summed E-state index contributed by atoms with van der Waals surface area (Å²) in [5.74, 6) is -1.40. The van der Waals surface area contributed by atoms with Crippen molar-refractivity contribution in [2.75, 3.05) is 5.43 Å². The number of aliphatic carboxylic acids is 1. The zero-order chi connectivity index (χ0) is 12.1. The molecule has 0 fully saturated rings. The van der Waals surface area contributed by atoms with Crippen LogP contribution in [0.5, 0.6) is 0 Å². The first-order chi connectivity index (χ1) is 7.54. The van der Waals surface area contributed by atoms with Crippen LogP contribution in [0, 0.1) is 6.92 Å². The van der Waals surface area contributed by atoms with Crippen LogP contribution in [0.1, 0.15) is 19.0 Å². The molecule has 1 aromatic rings. The van der Waals surface area contributed by atoms with E-state index in [1.165, 1.54) is 6.92 Å². The fourth-order valence-corrected chi connectivity index (χ4v) is 0.833. The van der Waals surface area contributed by atoms with Gasteiger partial charge in [-0.25, -0.2) is 5.43 Å². The normalized spacial score (nSPS) is 11.2. The summed E-state index contributed by atoms with van der Waals surface area (Å²) >= 11 is 0. The molecule has 0 aliphatic heterocycles. The van der Waals surface area contributed by atoms with E-state index in [0.29, 0.717) is 0 Å². The molecule has 1 heterocycles. The molecule has 0 bridgehead atoms. The number of hydrazone groups is 1. The predicted molar refractivity (Wildman–Crippen MR) is 53.7 cm³/mol. The maximum atomic E-state index is 11.1. The molecule has 0 atom stereocenters. The van der Waals surface area contributed by atoms with E-state index in [4.69, 9.17) is 0 Å². The first-order valence-electron chi connectivity index (χ1n) is 4.52. The monoisotopic (exact) mass is 224 g/mol. The quantitative estimate of drug-likeness (QED) is 0.469. The molecule has 1 aromatic heterocycles. The van der Waals surface area contributed by atoms with E-state index in [1.807, 2.05) is 0 Å². The van der Waals surface area contributed by atoms with Gasteiger partial charge in [-0.2, -0.15) is 5.10 Å². The van der Waals surface area contributed by atoms with E-state index >= 15 is 0 Å². The minimum atomic E-state index is -1.38. The second-order valence-electron chi connectivity index (χ2n) is 2.90. The SMILES string of the molecule is CC/C(=N/Nc1nnc(C)c(=O)[nH]1)C(=O)[O-]. The summed E-state index contributed by atoms with van der Waals surface area (Å²) in [4.78, 5) is 23.9. The number of carbonyl (C=O) groups excluding carboxylic acids is 1. The number of aryl methyl sites for hydroxylation is 1. The highest BCUT2D eigenvalue weighted by Gasteiger charge is 2.00. The van der Waals surface area contributed by atoms with Gasteiger partial charge in [0.2, 0.25) is 5.95 Å². The molecule has 0 aromatic carbocycles. The van der Waals surface area contributed by atoms with Crippen LogP contribution < -0.4 is 16.1 Å². The molecule has 16 heavy (non-hydrogen) atoms. The number of nitrogens with one attached hydrogen (secondary N) is 2. The van der Waals surface area contributed by atoms with Gasteiger partial charge in [0, 0.05) is 0 Å².